The van der Waals surface area contributed by atoms with Gasteiger partial charge in [0.2, 0.25) is 5.88 Å². The van der Waals surface area contributed by atoms with Crippen molar-refractivity contribution in [1.29, 1.82) is 0 Å². The van der Waals surface area contributed by atoms with Crippen LogP contribution >= 0.6 is 11.3 Å². The lowest BCUT2D eigenvalue weighted by atomic mass is 10.1. The zero-order valence-corrected chi connectivity index (χ0v) is 18.3. The van der Waals surface area contributed by atoms with Gasteiger partial charge in [-0.15, -0.1) is 11.3 Å². The highest BCUT2D eigenvalue weighted by molar-refractivity contribution is 7.15. The summed E-state index contributed by atoms with van der Waals surface area (Å²) in [6.07, 6.45) is -2.61. The maximum absolute atomic E-state index is 13.5. The lowest BCUT2D eigenvalue weighted by Crippen LogP contribution is -2.47. The normalized spacial score (nSPS) is 22.1. The number of carbonyl (C=O) groups is 1. The number of likely N-dealkylation sites (tertiary alicyclic amines) is 1. The molecule has 2 fully saturated rings. The second-order valence-electron chi connectivity index (χ2n) is 8.32. The van der Waals surface area contributed by atoms with Crippen molar-refractivity contribution in [3.63, 3.8) is 0 Å². The highest BCUT2D eigenvalue weighted by atomic mass is 32.1. The number of rotatable bonds is 4. The fraction of sp³-hybridized carbons (Fsp3) is 0.348. The van der Waals surface area contributed by atoms with Crippen LogP contribution in [0, 0.1) is 18.7 Å². The standard InChI is InChI=1S/C23H19F4N3O2S/c1-12-29-20(21(33-12)14-2-5-16(24)6-3-14)22(31)30-11-13-8-17(30)18(9-13)32-19-7-4-15(10-28-19)23(25,26)27/h2-7,10,13,17-18H,8-9,11H2,1H3/t13?,17-,18?/m0/s1. The average molecular weight is 477 g/mol. The maximum Gasteiger partial charge on any atom is 0.417 e. The smallest absolute Gasteiger partial charge is 0.417 e. The van der Waals surface area contributed by atoms with E-state index in [9.17, 15) is 22.4 Å². The van der Waals surface area contributed by atoms with E-state index >= 15 is 0 Å². The molecule has 33 heavy (non-hydrogen) atoms. The first-order chi connectivity index (χ1) is 15.7. The van der Waals surface area contributed by atoms with Gasteiger partial charge in [-0.05, 0) is 49.4 Å². The Balaban J connectivity index is 1.35. The molecule has 10 heteroatoms. The van der Waals surface area contributed by atoms with Gasteiger partial charge in [0.15, 0.2) is 0 Å². The molecule has 2 aliphatic rings. The van der Waals surface area contributed by atoms with E-state index in [0.29, 0.717) is 23.5 Å². The van der Waals surface area contributed by atoms with E-state index in [-0.39, 0.29) is 35.7 Å². The van der Waals surface area contributed by atoms with Crippen LogP contribution < -0.4 is 4.74 Å². The van der Waals surface area contributed by atoms with Crippen LogP contribution in [0.25, 0.3) is 10.4 Å². The number of carbonyl (C=O) groups excluding carboxylic acids is 1. The molecule has 3 heterocycles. The summed E-state index contributed by atoms with van der Waals surface area (Å²) >= 11 is 1.37. The van der Waals surface area contributed by atoms with E-state index in [4.69, 9.17) is 4.74 Å². The Morgan fingerprint density at radius 1 is 1.15 bits per heavy atom. The van der Waals surface area contributed by atoms with Crippen LogP contribution in [0.4, 0.5) is 17.6 Å². The van der Waals surface area contributed by atoms with E-state index in [0.717, 1.165) is 29.3 Å². The van der Waals surface area contributed by atoms with Gasteiger partial charge in [-0.2, -0.15) is 13.2 Å². The number of amides is 1. The molecule has 2 unspecified atom stereocenters. The SMILES string of the molecule is Cc1nc(C(=O)N2CC3CC(Oc4ccc(C(F)(F)F)cn4)[C@@H]2C3)c(-c2ccc(F)cc2)s1. The highest BCUT2D eigenvalue weighted by Gasteiger charge is 2.49. The number of fused-ring (bicyclic) bond motifs is 2. The van der Waals surface area contributed by atoms with Gasteiger partial charge in [-0.25, -0.2) is 14.4 Å². The number of alkyl halides is 3. The number of hydrogen-bond donors (Lipinski definition) is 0. The molecule has 2 bridgehead atoms. The molecule has 1 amide bonds. The molecule has 0 radical (unpaired) electrons. The van der Waals surface area contributed by atoms with Gasteiger partial charge in [0.1, 0.15) is 17.6 Å². The molecule has 1 aliphatic heterocycles. The van der Waals surface area contributed by atoms with Crippen molar-refractivity contribution < 1.29 is 27.1 Å². The molecular formula is C23H19F4N3O2S. The van der Waals surface area contributed by atoms with Gasteiger partial charge in [0.25, 0.3) is 5.91 Å². The summed E-state index contributed by atoms with van der Waals surface area (Å²) < 4.78 is 57.6. The minimum Gasteiger partial charge on any atom is -0.472 e. The van der Waals surface area contributed by atoms with Crippen LogP contribution in [-0.2, 0) is 6.18 Å². The first-order valence-electron chi connectivity index (χ1n) is 10.4. The number of nitrogens with zero attached hydrogens (tertiary/aromatic N) is 3. The number of halogens is 4. The minimum absolute atomic E-state index is 0.101. The Morgan fingerprint density at radius 3 is 2.55 bits per heavy atom. The molecule has 1 saturated heterocycles. The number of ether oxygens (including phenoxy) is 1. The number of piperidine rings is 1. The Morgan fingerprint density at radius 2 is 1.91 bits per heavy atom. The van der Waals surface area contributed by atoms with Gasteiger partial charge in [-0.1, -0.05) is 12.1 Å². The van der Waals surface area contributed by atoms with Crippen LogP contribution in [0.2, 0.25) is 0 Å². The second kappa shape index (κ2) is 8.09. The minimum atomic E-state index is -4.46. The molecule has 3 aromatic rings. The summed E-state index contributed by atoms with van der Waals surface area (Å²) in [4.78, 5) is 24.1. The third-order valence-corrected chi connectivity index (χ3v) is 7.08. The van der Waals surface area contributed by atoms with Crippen molar-refractivity contribution in [3.8, 4) is 16.3 Å². The number of hydrogen-bond acceptors (Lipinski definition) is 5. The summed E-state index contributed by atoms with van der Waals surface area (Å²) in [5.41, 5.74) is 0.200. The number of aromatic nitrogens is 2. The zero-order chi connectivity index (χ0) is 23.3. The van der Waals surface area contributed by atoms with Crippen molar-refractivity contribution in [3.05, 3.63) is 64.7 Å². The third-order valence-electron chi connectivity index (χ3n) is 6.06. The van der Waals surface area contributed by atoms with E-state index in [1.54, 1.807) is 17.0 Å². The van der Waals surface area contributed by atoms with Crippen LogP contribution in [0.15, 0.2) is 42.6 Å². The number of aryl methyl sites for hydroxylation is 1. The Bertz CT molecular complexity index is 1180. The largest absolute Gasteiger partial charge is 0.472 e. The predicted octanol–water partition coefficient (Wildman–Crippen LogP) is 5.35. The summed E-state index contributed by atoms with van der Waals surface area (Å²) in [5.74, 6) is -0.238. The van der Waals surface area contributed by atoms with Crippen LogP contribution in [0.1, 0.15) is 33.9 Å². The molecule has 1 aliphatic carbocycles. The lowest BCUT2D eigenvalue weighted by molar-refractivity contribution is -0.137. The fourth-order valence-electron chi connectivity index (χ4n) is 4.60. The molecule has 1 aromatic carbocycles. The topological polar surface area (TPSA) is 55.3 Å². The zero-order valence-electron chi connectivity index (χ0n) is 17.5. The fourth-order valence-corrected chi connectivity index (χ4v) is 5.52. The Hall–Kier alpha value is -3.01. The Labute approximate surface area is 191 Å². The molecule has 1 saturated carbocycles. The molecular weight excluding hydrogens is 458 g/mol. The van der Waals surface area contributed by atoms with Crippen molar-refractivity contribution in [2.45, 2.75) is 38.1 Å². The first kappa shape index (κ1) is 21.8. The number of benzene rings is 1. The van der Waals surface area contributed by atoms with E-state index < -0.39 is 11.7 Å². The van der Waals surface area contributed by atoms with E-state index in [2.05, 4.69) is 9.97 Å². The molecule has 0 N–H and O–H groups in total. The molecule has 5 rings (SSSR count). The van der Waals surface area contributed by atoms with Gasteiger partial charge < -0.3 is 9.64 Å². The summed E-state index contributed by atoms with van der Waals surface area (Å²) in [7, 11) is 0. The van der Waals surface area contributed by atoms with Crippen molar-refractivity contribution in [1.82, 2.24) is 14.9 Å². The van der Waals surface area contributed by atoms with E-state index in [1.807, 2.05) is 6.92 Å². The molecule has 5 nitrogen and oxygen atoms in total. The Kier molecular flexibility index (Phi) is 5.35. The molecule has 0 spiro atoms. The summed E-state index contributed by atoms with van der Waals surface area (Å²) in [5, 5.41) is 0.726. The highest BCUT2D eigenvalue weighted by Crippen LogP contribution is 2.42. The maximum atomic E-state index is 13.5. The van der Waals surface area contributed by atoms with Gasteiger partial charge in [-0.3, -0.25) is 4.79 Å². The third kappa shape index (κ3) is 4.19. The number of pyridine rings is 1. The first-order valence-corrected chi connectivity index (χ1v) is 11.2. The monoisotopic (exact) mass is 477 g/mol. The van der Waals surface area contributed by atoms with Gasteiger partial charge >= 0.3 is 6.18 Å². The van der Waals surface area contributed by atoms with Gasteiger partial charge in [0.05, 0.1) is 21.5 Å². The van der Waals surface area contributed by atoms with Gasteiger partial charge in [0, 0.05) is 18.8 Å². The summed E-state index contributed by atoms with van der Waals surface area (Å²) in [6, 6.07) is 7.86. The average Bonchev–Trinajstić information content (AvgIpc) is 3.47. The molecule has 172 valence electrons. The van der Waals surface area contributed by atoms with Crippen LogP contribution in [-0.4, -0.2) is 39.5 Å². The second-order valence-corrected chi connectivity index (χ2v) is 9.52. The quantitative estimate of drug-likeness (QED) is 0.475. The summed E-state index contributed by atoms with van der Waals surface area (Å²) in [6.45, 7) is 2.38. The van der Waals surface area contributed by atoms with E-state index in [1.165, 1.54) is 29.5 Å². The lowest BCUT2D eigenvalue weighted by Gasteiger charge is -2.33. The van der Waals surface area contributed by atoms with Crippen LogP contribution in [0.3, 0.4) is 0 Å². The predicted molar refractivity (Wildman–Crippen MR) is 113 cm³/mol. The van der Waals surface area contributed by atoms with Crippen molar-refractivity contribution in [2.24, 2.45) is 5.92 Å². The molecule has 2 aromatic heterocycles. The van der Waals surface area contributed by atoms with Crippen molar-refractivity contribution >= 4 is 17.2 Å². The van der Waals surface area contributed by atoms with Crippen molar-refractivity contribution in [2.75, 3.05) is 6.54 Å². The molecule has 3 atom stereocenters. The number of thiazole rings is 1. The van der Waals surface area contributed by atoms with Crippen LogP contribution in [0.5, 0.6) is 5.88 Å².